The molecule has 1 fully saturated rings. The average molecular weight is 253 g/mol. The van der Waals surface area contributed by atoms with Crippen LogP contribution in [0.5, 0.6) is 5.75 Å². The Morgan fingerprint density at radius 1 is 1.35 bits per heavy atom. The summed E-state index contributed by atoms with van der Waals surface area (Å²) in [7, 11) is -1.23. The summed E-state index contributed by atoms with van der Waals surface area (Å²) in [6.45, 7) is 0. The second-order valence-corrected chi connectivity index (χ2v) is 6.34. The summed E-state index contributed by atoms with van der Waals surface area (Å²) in [5.41, 5.74) is 0.954. The van der Waals surface area contributed by atoms with Crippen LogP contribution < -0.4 is 4.74 Å². The van der Waals surface area contributed by atoms with Gasteiger partial charge in [0.05, 0.1) is 24.7 Å². The Morgan fingerprint density at radius 2 is 2.06 bits per heavy atom. The van der Waals surface area contributed by atoms with Crippen LogP contribution >= 0.6 is 0 Å². The van der Waals surface area contributed by atoms with E-state index in [1.54, 1.807) is 13.3 Å². The van der Waals surface area contributed by atoms with Crippen molar-refractivity contribution in [2.24, 2.45) is 4.99 Å². The Morgan fingerprint density at radius 3 is 2.59 bits per heavy atom. The van der Waals surface area contributed by atoms with Gasteiger partial charge >= 0.3 is 0 Å². The molecule has 92 valence electrons. The van der Waals surface area contributed by atoms with E-state index in [1.165, 1.54) is 0 Å². The van der Waals surface area contributed by atoms with Crippen LogP contribution in [-0.4, -0.2) is 39.3 Å². The van der Waals surface area contributed by atoms with Crippen LogP contribution in [0.4, 0.5) is 0 Å². The molecule has 1 heterocycles. The lowest BCUT2D eigenvalue weighted by Crippen LogP contribution is -2.07. The fraction of sp³-hybridized carbons (Fsp3) is 0.417. The van der Waals surface area contributed by atoms with Gasteiger partial charge in [0.2, 0.25) is 0 Å². The highest BCUT2D eigenvalue weighted by molar-refractivity contribution is 7.91. The topological polar surface area (TPSA) is 55.7 Å². The van der Waals surface area contributed by atoms with E-state index in [4.69, 9.17) is 4.74 Å². The first-order valence-corrected chi connectivity index (χ1v) is 7.29. The van der Waals surface area contributed by atoms with Crippen molar-refractivity contribution in [2.45, 2.75) is 12.5 Å². The van der Waals surface area contributed by atoms with Crippen molar-refractivity contribution in [3.8, 4) is 5.75 Å². The molecule has 1 aliphatic rings. The molecule has 0 aliphatic carbocycles. The van der Waals surface area contributed by atoms with Crippen molar-refractivity contribution >= 4 is 16.1 Å². The molecule has 0 radical (unpaired) electrons. The first kappa shape index (κ1) is 12.1. The SMILES string of the molecule is COc1ccc(C=N[C@H]2CCS(=O)(=O)C2)cc1. The van der Waals surface area contributed by atoms with Crippen LogP contribution in [0.1, 0.15) is 12.0 Å². The molecule has 0 spiro atoms. The quantitative estimate of drug-likeness (QED) is 0.763. The van der Waals surface area contributed by atoms with Gasteiger partial charge in [0.25, 0.3) is 0 Å². The fourth-order valence-electron chi connectivity index (χ4n) is 1.77. The number of hydrogen-bond donors (Lipinski definition) is 0. The van der Waals surface area contributed by atoms with E-state index in [2.05, 4.69) is 4.99 Å². The van der Waals surface area contributed by atoms with Gasteiger partial charge in [0, 0.05) is 6.21 Å². The van der Waals surface area contributed by atoms with Crippen molar-refractivity contribution in [3.05, 3.63) is 29.8 Å². The Kier molecular flexibility index (Phi) is 3.47. The summed E-state index contributed by atoms with van der Waals surface area (Å²) < 4.78 is 27.5. The van der Waals surface area contributed by atoms with E-state index >= 15 is 0 Å². The summed E-state index contributed by atoms with van der Waals surface area (Å²) in [5, 5.41) is 0. The summed E-state index contributed by atoms with van der Waals surface area (Å²) in [6.07, 6.45) is 2.36. The summed E-state index contributed by atoms with van der Waals surface area (Å²) in [5.74, 6) is 1.24. The number of aliphatic imine (C=N–C) groups is 1. The molecule has 1 saturated heterocycles. The van der Waals surface area contributed by atoms with Crippen LogP contribution in [0, 0.1) is 0 Å². The Bertz CT molecular complexity index is 505. The average Bonchev–Trinajstić information content (AvgIpc) is 2.67. The second-order valence-electron chi connectivity index (χ2n) is 4.11. The van der Waals surface area contributed by atoms with E-state index in [9.17, 15) is 8.42 Å². The minimum Gasteiger partial charge on any atom is -0.497 e. The number of ether oxygens (including phenoxy) is 1. The van der Waals surface area contributed by atoms with E-state index in [1.807, 2.05) is 24.3 Å². The molecule has 17 heavy (non-hydrogen) atoms. The zero-order valence-corrected chi connectivity index (χ0v) is 10.5. The molecular weight excluding hydrogens is 238 g/mol. The third-order valence-corrected chi connectivity index (χ3v) is 4.51. The van der Waals surface area contributed by atoms with Crippen LogP contribution in [-0.2, 0) is 9.84 Å². The molecule has 0 saturated carbocycles. The number of sulfone groups is 1. The van der Waals surface area contributed by atoms with Gasteiger partial charge in [-0.05, 0) is 36.2 Å². The van der Waals surface area contributed by atoms with Crippen LogP contribution in [0.25, 0.3) is 0 Å². The summed E-state index contributed by atoms with van der Waals surface area (Å²) >= 11 is 0. The minimum atomic E-state index is -2.84. The van der Waals surface area contributed by atoms with Crippen LogP contribution in [0.15, 0.2) is 29.3 Å². The van der Waals surface area contributed by atoms with Gasteiger partial charge in [-0.2, -0.15) is 0 Å². The first-order valence-electron chi connectivity index (χ1n) is 5.47. The zero-order chi connectivity index (χ0) is 12.3. The maximum absolute atomic E-state index is 11.2. The van der Waals surface area contributed by atoms with Crippen molar-refractivity contribution in [1.82, 2.24) is 0 Å². The molecule has 1 aromatic carbocycles. The van der Waals surface area contributed by atoms with Gasteiger partial charge in [0.15, 0.2) is 9.84 Å². The van der Waals surface area contributed by atoms with Gasteiger partial charge in [0.1, 0.15) is 5.75 Å². The highest BCUT2D eigenvalue weighted by Gasteiger charge is 2.26. The molecule has 0 amide bonds. The Labute approximate surface area is 101 Å². The molecule has 0 aromatic heterocycles. The molecule has 4 nitrogen and oxygen atoms in total. The molecule has 5 heteroatoms. The smallest absolute Gasteiger partial charge is 0.152 e. The molecular formula is C12H15NO3S. The normalized spacial score (nSPS) is 23.0. The molecule has 1 aromatic rings. The van der Waals surface area contributed by atoms with Gasteiger partial charge in [-0.3, -0.25) is 4.99 Å². The van der Waals surface area contributed by atoms with Crippen molar-refractivity contribution in [1.29, 1.82) is 0 Å². The van der Waals surface area contributed by atoms with Gasteiger partial charge in [-0.15, -0.1) is 0 Å². The Balaban J connectivity index is 2.01. The first-order chi connectivity index (χ1) is 8.09. The largest absolute Gasteiger partial charge is 0.497 e. The van der Waals surface area contributed by atoms with E-state index in [0.29, 0.717) is 6.42 Å². The number of benzene rings is 1. The fourth-order valence-corrected chi connectivity index (χ4v) is 3.41. The van der Waals surface area contributed by atoms with Gasteiger partial charge in [-0.1, -0.05) is 0 Å². The molecule has 1 atom stereocenters. The molecule has 0 N–H and O–H groups in total. The van der Waals surface area contributed by atoms with E-state index < -0.39 is 9.84 Å². The maximum atomic E-state index is 11.2. The number of nitrogens with zero attached hydrogens (tertiary/aromatic N) is 1. The monoisotopic (exact) mass is 253 g/mol. The predicted octanol–water partition coefficient (Wildman–Crippen LogP) is 1.30. The molecule has 2 rings (SSSR count). The van der Waals surface area contributed by atoms with Crippen LogP contribution in [0.2, 0.25) is 0 Å². The lowest BCUT2D eigenvalue weighted by molar-refractivity contribution is 0.415. The van der Waals surface area contributed by atoms with Crippen molar-refractivity contribution in [3.63, 3.8) is 0 Å². The standard InChI is InChI=1S/C12H15NO3S/c1-16-12-4-2-10(3-5-12)8-13-11-6-7-17(14,15)9-11/h2-5,8,11H,6-7,9H2,1H3/t11-/m0/s1. The number of rotatable bonds is 3. The zero-order valence-electron chi connectivity index (χ0n) is 9.67. The van der Waals surface area contributed by atoms with E-state index in [-0.39, 0.29) is 17.5 Å². The lowest BCUT2D eigenvalue weighted by Gasteiger charge is -2.01. The molecule has 1 aliphatic heterocycles. The van der Waals surface area contributed by atoms with Gasteiger partial charge in [-0.25, -0.2) is 8.42 Å². The maximum Gasteiger partial charge on any atom is 0.152 e. The van der Waals surface area contributed by atoms with E-state index in [0.717, 1.165) is 11.3 Å². The summed E-state index contributed by atoms with van der Waals surface area (Å²) in [4.78, 5) is 4.30. The van der Waals surface area contributed by atoms with Gasteiger partial charge < -0.3 is 4.74 Å². The summed E-state index contributed by atoms with van der Waals surface area (Å²) in [6, 6.07) is 7.42. The minimum absolute atomic E-state index is 0.0814. The molecule has 0 unspecified atom stereocenters. The number of methoxy groups -OCH3 is 1. The predicted molar refractivity (Wildman–Crippen MR) is 67.6 cm³/mol. The second kappa shape index (κ2) is 4.87. The third kappa shape index (κ3) is 3.30. The lowest BCUT2D eigenvalue weighted by atomic mass is 10.2. The van der Waals surface area contributed by atoms with Crippen molar-refractivity contribution < 1.29 is 13.2 Å². The highest BCUT2D eigenvalue weighted by atomic mass is 32.2. The highest BCUT2D eigenvalue weighted by Crippen LogP contribution is 2.15. The molecule has 0 bridgehead atoms. The third-order valence-electron chi connectivity index (χ3n) is 2.76. The van der Waals surface area contributed by atoms with Crippen LogP contribution in [0.3, 0.4) is 0 Å². The van der Waals surface area contributed by atoms with Crippen molar-refractivity contribution in [2.75, 3.05) is 18.6 Å². The number of hydrogen-bond acceptors (Lipinski definition) is 4. The Hall–Kier alpha value is -1.36.